The molecular weight excluding hydrogens is 252 g/mol. The minimum absolute atomic E-state index is 0.0177. The highest BCUT2D eigenvalue weighted by atomic mass is 16.5. The van der Waals surface area contributed by atoms with Crippen LogP contribution in [-0.4, -0.2) is 17.1 Å². The second-order valence-electron chi connectivity index (χ2n) is 6.51. The molecule has 1 amide bonds. The molecule has 1 aromatic rings. The third-order valence-electron chi connectivity index (χ3n) is 5.29. The fourth-order valence-corrected chi connectivity index (χ4v) is 4.24. The molecule has 20 heavy (non-hydrogen) atoms. The molecule has 0 saturated heterocycles. The van der Waals surface area contributed by atoms with Crippen LogP contribution in [-0.2, 0) is 6.42 Å². The van der Waals surface area contributed by atoms with Crippen molar-refractivity contribution < 1.29 is 9.32 Å². The monoisotopic (exact) mass is 276 g/mol. The second-order valence-corrected chi connectivity index (χ2v) is 6.51. The standard InChI is InChI=1S/C16H24N2O2/c1-4-14-15(10(3)20-18-14)16(19)17-9(2)13-8-11-5-6-12(13)7-11/h9,11-13H,4-8H2,1-3H3,(H,17,19)/t9-,11+,12+,13+/m1/s1. The van der Waals surface area contributed by atoms with Crippen LogP contribution in [0.25, 0.3) is 0 Å². The average molecular weight is 276 g/mol. The van der Waals surface area contributed by atoms with E-state index < -0.39 is 0 Å². The Hall–Kier alpha value is -1.32. The van der Waals surface area contributed by atoms with Crippen molar-refractivity contribution in [1.29, 1.82) is 0 Å². The van der Waals surface area contributed by atoms with Crippen molar-refractivity contribution in [1.82, 2.24) is 10.5 Å². The van der Waals surface area contributed by atoms with Crippen LogP contribution in [0.2, 0.25) is 0 Å². The molecule has 0 aromatic carbocycles. The lowest BCUT2D eigenvalue weighted by Crippen LogP contribution is -2.40. The van der Waals surface area contributed by atoms with Crippen molar-refractivity contribution in [3.05, 3.63) is 17.0 Å². The summed E-state index contributed by atoms with van der Waals surface area (Å²) < 4.78 is 5.15. The number of fused-ring (bicyclic) bond motifs is 2. The van der Waals surface area contributed by atoms with Gasteiger partial charge in [-0.05, 0) is 57.3 Å². The van der Waals surface area contributed by atoms with Gasteiger partial charge in [0.25, 0.3) is 5.91 Å². The van der Waals surface area contributed by atoms with Crippen molar-refractivity contribution in [2.24, 2.45) is 17.8 Å². The number of aromatic nitrogens is 1. The van der Waals surface area contributed by atoms with Gasteiger partial charge >= 0.3 is 0 Å². The van der Waals surface area contributed by atoms with Crippen molar-refractivity contribution in [3.63, 3.8) is 0 Å². The van der Waals surface area contributed by atoms with Crippen molar-refractivity contribution in [2.75, 3.05) is 0 Å². The normalized spacial score (nSPS) is 29.6. The van der Waals surface area contributed by atoms with E-state index in [4.69, 9.17) is 4.52 Å². The van der Waals surface area contributed by atoms with Crippen LogP contribution in [0.15, 0.2) is 4.52 Å². The first-order chi connectivity index (χ1) is 9.60. The first kappa shape index (κ1) is 13.7. The van der Waals surface area contributed by atoms with Gasteiger partial charge in [-0.15, -0.1) is 0 Å². The second kappa shape index (κ2) is 5.23. The Morgan fingerprint density at radius 1 is 1.45 bits per heavy atom. The number of nitrogens with zero attached hydrogens (tertiary/aromatic N) is 1. The molecule has 2 saturated carbocycles. The van der Waals surface area contributed by atoms with E-state index in [2.05, 4.69) is 17.4 Å². The number of hydrogen-bond donors (Lipinski definition) is 1. The highest BCUT2D eigenvalue weighted by Gasteiger charge is 2.42. The zero-order valence-electron chi connectivity index (χ0n) is 12.6. The Morgan fingerprint density at radius 2 is 2.25 bits per heavy atom. The maximum atomic E-state index is 12.5. The molecule has 4 heteroatoms. The van der Waals surface area contributed by atoms with Gasteiger partial charge in [0, 0.05) is 6.04 Å². The van der Waals surface area contributed by atoms with Gasteiger partial charge in [-0.3, -0.25) is 4.79 Å². The Kier molecular flexibility index (Phi) is 3.57. The minimum atomic E-state index is -0.0177. The minimum Gasteiger partial charge on any atom is -0.361 e. The van der Waals surface area contributed by atoms with Gasteiger partial charge in [-0.2, -0.15) is 0 Å². The SMILES string of the molecule is CCc1noc(C)c1C(=O)N[C@H](C)[C@@H]1C[C@H]2CC[C@H]1C2. The summed E-state index contributed by atoms with van der Waals surface area (Å²) in [7, 11) is 0. The molecule has 0 spiro atoms. The maximum absolute atomic E-state index is 12.5. The number of aryl methyl sites for hydroxylation is 2. The molecule has 2 aliphatic carbocycles. The summed E-state index contributed by atoms with van der Waals surface area (Å²) in [5.74, 6) is 3.00. The van der Waals surface area contributed by atoms with Crippen LogP contribution >= 0.6 is 0 Å². The predicted molar refractivity (Wildman–Crippen MR) is 76.5 cm³/mol. The maximum Gasteiger partial charge on any atom is 0.257 e. The molecule has 3 rings (SSSR count). The lowest BCUT2D eigenvalue weighted by molar-refractivity contribution is 0.0913. The van der Waals surface area contributed by atoms with Crippen LogP contribution in [0.5, 0.6) is 0 Å². The molecule has 1 aromatic heterocycles. The van der Waals surface area contributed by atoms with Gasteiger partial charge in [0.1, 0.15) is 11.3 Å². The molecule has 2 fully saturated rings. The topological polar surface area (TPSA) is 55.1 Å². The summed E-state index contributed by atoms with van der Waals surface area (Å²) in [6, 6.07) is 0.247. The van der Waals surface area contributed by atoms with Gasteiger partial charge in [0.15, 0.2) is 0 Å². The summed E-state index contributed by atoms with van der Waals surface area (Å²) in [4.78, 5) is 12.5. The van der Waals surface area contributed by atoms with Crippen molar-refractivity contribution in [2.45, 2.75) is 58.9 Å². The van der Waals surface area contributed by atoms with E-state index in [0.29, 0.717) is 17.2 Å². The van der Waals surface area contributed by atoms with Crippen LogP contribution in [0.3, 0.4) is 0 Å². The van der Waals surface area contributed by atoms with E-state index in [9.17, 15) is 4.79 Å². The van der Waals surface area contributed by atoms with Crippen LogP contribution in [0.4, 0.5) is 0 Å². The zero-order chi connectivity index (χ0) is 14.3. The Balaban J connectivity index is 1.68. The lowest BCUT2D eigenvalue weighted by atomic mass is 9.84. The van der Waals surface area contributed by atoms with Gasteiger partial charge in [0.2, 0.25) is 0 Å². The van der Waals surface area contributed by atoms with E-state index in [1.54, 1.807) is 0 Å². The highest BCUT2D eigenvalue weighted by Crippen LogP contribution is 2.49. The first-order valence-corrected chi connectivity index (χ1v) is 7.86. The molecule has 2 bridgehead atoms. The summed E-state index contributed by atoms with van der Waals surface area (Å²) in [6.07, 6.45) is 6.13. The van der Waals surface area contributed by atoms with E-state index in [1.807, 2.05) is 13.8 Å². The van der Waals surface area contributed by atoms with E-state index in [-0.39, 0.29) is 11.9 Å². The summed E-state index contributed by atoms with van der Waals surface area (Å²) in [6.45, 7) is 5.95. The molecule has 1 heterocycles. The van der Waals surface area contributed by atoms with E-state index in [1.165, 1.54) is 25.7 Å². The summed E-state index contributed by atoms with van der Waals surface area (Å²) in [5, 5.41) is 7.15. The van der Waals surface area contributed by atoms with E-state index in [0.717, 1.165) is 24.0 Å². The van der Waals surface area contributed by atoms with Crippen molar-refractivity contribution >= 4 is 5.91 Å². The highest BCUT2D eigenvalue weighted by molar-refractivity contribution is 5.96. The molecule has 4 nitrogen and oxygen atoms in total. The van der Waals surface area contributed by atoms with Crippen molar-refractivity contribution in [3.8, 4) is 0 Å². The number of rotatable bonds is 4. The fraction of sp³-hybridized carbons (Fsp3) is 0.750. The van der Waals surface area contributed by atoms with Gasteiger partial charge < -0.3 is 9.84 Å². The number of carbonyl (C=O) groups is 1. The Morgan fingerprint density at radius 3 is 2.85 bits per heavy atom. The third-order valence-corrected chi connectivity index (χ3v) is 5.29. The molecule has 0 radical (unpaired) electrons. The first-order valence-electron chi connectivity index (χ1n) is 7.86. The summed E-state index contributed by atoms with van der Waals surface area (Å²) in [5.41, 5.74) is 1.41. The molecule has 4 atom stereocenters. The number of hydrogen-bond acceptors (Lipinski definition) is 3. The van der Waals surface area contributed by atoms with Crippen LogP contribution < -0.4 is 5.32 Å². The zero-order valence-corrected chi connectivity index (χ0v) is 12.6. The van der Waals surface area contributed by atoms with Gasteiger partial charge in [-0.1, -0.05) is 18.5 Å². The lowest BCUT2D eigenvalue weighted by Gasteiger charge is -2.28. The smallest absolute Gasteiger partial charge is 0.257 e. The summed E-state index contributed by atoms with van der Waals surface area (Å²) >= 11 is 0. The van der Waals surface area contributed by atoms with Gasteiger partial charge in [0.05, 0.1) is 5.69 Å². The number of carbonyl (C=O) groups excluding carboxylic acids is 1. The van der Waals surface area contributed by atoms with Crippen LogP contribution in [0.1, 0.15) is 61.3 Å². The molecule has 0 unspecified atom stereocenters. The average Bonchev–Trinajstić information content (AvgIpc) is 3.12. The third kappa shape index (κ3) is 2.25. The molecule has 2 aliphatic rings. The molecule has 1 N–H and O–H groups in total. The predicted octanol–water partition coefficient (Wildman–Crippen LogP) is 3.10. The number of amides is 1. The quantitative estimate of drug-likeness (QED) is 0.919. The molecule has 110 valence electrons. The van der Waals surface area contributed by atoms with Gasteiger partial charge in [-0.25, -0.2) is 0 Å². The Bertz CT molecular complexity index is 509. The fourth-order valence-electron chi connectivity index (χ4n) is 4.24. The largest absolute Gasteiger partial charge is 0.361 e. The number of nitrogens with one attached hydrogen (secondary N) is 1. The van der Waals surface area contributed by atoms with Crippen LogP contribution in [0, 0.1) is 24.7 Å². The molecule has 0 aliphatic heterocycles. The Labute approximate surface area is 120 Å². The molecular formula is C16H24N2O2. The van der Waals surface area contributed by atoms with E-state index >= 15 is 0 Å².